The van der Waals surface area contributed by atoms with Gasteiger partial charge in [0.1, 0.15) is 16.4 Å². The molecule has 1 aliphatic rings. The van der Waals surface area contributed by atoms with Crippen LogP contribution in [0.1, 0.15) is 22.6 Å². The van der Waals surface area contributed by atoms with E-state index in [0.717, 1.165) is 23.2 Å². The van der Waals surface area contributed by atoms with Gasteiger partial charge >= 0.3 is 0 Å². The van der Waals surface area contributed by atoms with Crippen LogP contribution >= 0.6 is 0 Å². The Kier molecular flexibility index (Phi) is 4.01. The molecule has 0 saturated heterocycles. The summed E-state index contributed by atoms with van der Waals surface area (Å²) >= 11 is 0. The van der Waals surface area contributed by atoms with E-state index in [-0.39, 0.29) is 22.3 Å². The highest BCUT2D eigenvalue weighted by molar-refractivity contribution is 7.89. The maximum Gasteiger partial charge on any atom is 0.241 e. The quantitative estimate of drug-likeness (QED) is 0.655. The molecule has 0 saturated carbocycles. The van der Waals surface area contributed by atoms with Crippen LogP contribution in [0.4, 0.5) is 0 Å². The van der Waals surface area contributed by atoms with E-state index in [1.54, 1.807) is 24.3 Å². The van der Waals surface area contributed by atoms with E-state index in [0.29, 0.717) is 13.0 Å². The van der Waals surface area contributed by atoms with E-state index in [1.807, 2.05) is 0 Å². The highest BCUT2D eigenvalue weighted by Gasteiger charge is 2.25. The van der Waals surface area contributed by atoms with Gasteiger partial charge in [-0.3, -0.25) is 0 Å². The number of hydrogen-bond donors (Lipinski definition) is 4. The number of nitrogens with one attached hydrogen (secondary N) is 1. The summed E-state index contributed by atoms with van der Waals surface area (Å²) < 4.78 is 23.4. The van der Waals surface area contributed by atoms with Gasteiger partial charge in [0.25, 0.3) is 0 Å². The SMILES string of the molecule is NS(=O)(=O)c1cc2c(cc1O)CCNCC2c1ccc(O)cc1. The van der Waals surface area contributed by atoms with Crippen molar-refractivity contribution in [3.05, 3.63) is 53.1 Å². The van der Waals surface area contributed by atoms with E-state index in [4.69, 9.17) is 5.14 Å². The number of rotatable bonds is 2. The van der Waals surface area contributed by atoms with Crippen LogP contribution in [0.15, 0.2) is 41.3 Å². The Morgan fingerprint density at radius 2 is 1.83 bits per heavy atom. The number of fused-ring (bicyclic) bond motifs is 1. The molecule has 5 N–H and O–H groups in total. The van der Waals surface area contributed by atoms with Gasteiger partial charge in [-0.25, -0.2) is 13.6 Å². The summed E-state index contributed by atoms with van der Waals surface area (Å²) in [7, 11) is -4.00. The molecule has 1 unspecified atom stereocenters. The van der Waals surface area contributed by atoms with Crippen LogP contribution < -0.4 is 10.5 Å². The first-order chi connectivity index (χ1) is 10.9. The minimum absolute atomic E-state index is 0.0887. The predicted molar refractivity (Wildman–Crippen MR) is 86.0 cm³/mol. The Morgan fingerprint density at radius 1 is 1.13 bits per heavy atom. The highest BCUT2D eigenvalue weighted by atomic mass is 32.2. The third kappa shape index (κ3) is 3.17. The Labute approximate surface area is 134 Å². The molecule has 2 aromatic carbocycles. The molecule has 0 aliphatic carbocycles. The van der Waals surface area contributed by atoms with E-state index in [2.05, 4.69) is 5.32 Å². The smallest absolute Gasteiger partial charge is 0.241 e. The van der Waals surface area contributed by atoms with Gasteiger partial charge in [-0.2, -0.15) is 0 Å². The normalized spacial score (nSPS) is 18.2. The predicted octanol–water partition coefficient (Wildman–Crippen LogP) is 1.02. The second kappa shape index (κ2) is 5.84. The number of nitrogens with two attached hydrogens (primary N) is 1. The molecule has 23 heavy (non-hydrogen) atoms. The molecule has 0 spiro atoms. The third-order valence-electron chi connectivity index (χ3n) is 4.12. The van der Waals surface area contributed by atoms with Gasteiger partial charge in [0.2, 0.25) is 10.0 Å². The first kappa shape index (κ1) is 15.8. The number of benzene rings is 2. The van der Waals surface area contributed by atoms with E-state index in [1.165, 1.54) is 12.1 Å². The molecule has 1 atom stereocenters. The van der Waals surface area contributed by atoms with Crippen molar-refractivity contribution in [2.75, 3.05) is 13.1 Å². The van der Waals surface area contributed by atoms with Gasteiger partial charge in [0, 0.05) is 12.5 Å². The van der Waals surface area contributed by atoms with Crippen molar-refractivity contribution in [3.8, 4) is 11.5 Å². The maximum absolute atomic E-state index is 11.7. The number of sulfonamides is 1. The lowest BCUT2D eigenvalue weighted by Crippen LogP contribution is -2.21. The maximum atomic E-state index is 11.7. The van der Waals surface area contributed by atoms with Gasteiger partial charge in [-0.1, -0.05) is 12.1 Å². The summed E-state index contributed by atoms with van der Waals surface area (Å²) in [6.07, 6.45) is 0.683. The molecule has 3 rings (SSSR count). The molecule has 0 radical (unpaired) electrons. The topological polar surface area (TPSA) is 113 Å². The summed E-state index contributed by atoms with van der Waals surface area (Å²) in [5.41, 5.74) is 2.66. The van der Waals surface area contributed by atoms with Crippen molar-refractivity contribution in [3.63, 3.8) is 0 Å². The van der Waals surface area contributed by atoms with Crippen molar-refractivity contribution < 1.29 is 18.6 Å². The van der Waals surface area contributed by atoms with Crippen LogP contribution in [-0.4, -0.2) is 31.7 Å². The zero-order valence-corrected chi connectivity index (χ0v) is 13.2. The lowest BCUT2D eigenvalue weighted by molar-refractivity contribution is 0.457. The van der Waals surface area contributed by atoms with Crippen molar-refractivity contribution in [2.45, 2.75) is 17.2 Å². The highest BCUT2D eigenvalue weighted by Crippen LogP contribution is 2.35. The fraction of sp³-hybridized carbons (Fsp3) is 0.250. The molecule has 7 heteroatoms. The van der Waals surface area contributed by atoms with Crippen LogP contribution in [0, 0.1) is 0 Å². The fourth-order valence-corrected chi connectivity index (χ4v) is 3.62. The number of aromatic hydroxyl groups is 2. The van der Waals surface area contributed by atoms with Crippen molar-refractivity contribution in [2.24, 2.45) is 5.14 Å². The summed E-state index contributed by atoms with van der Waals surface area (Å²) in [5.74, 6) is -0.238. The molecule has 6 nitrogen and oxygen atoms in total. The monoisotopic (exact) mass is 334 g/mol. The fourth-order valence-electron chi connectivity index (χ4n) is 2.98. The molecule has 0 aromatic heterocycles. The largest absolute Gasteiger partial charge is 0.508 e. The summed E-state index contributed by atoms with van der Waals surface area (Å²) in [5, 5.41) is 27.9. The van der Waals surface area contributed by atoms with Crippen LogP contribution in [0.2, 0.25) is 0 Å². The van der Waals surface area contributed by atoms with Gasteiger partial charge in [-0.05, 0) is 53.9 Å². The van der Waals surface area contributed by atoms with E-state index < -0.39 is 10.0 Å². The molecule has 0 fully saturated rings. The lowest BCUT2D eigenvalue weighted by atomic mass is 9.88. The zero-order chi connectivity index (χ0) is 16.6. The summed E-state index contributed by atoms with van der Waals surface area (Å²) in [6.45, 7) is 1.36. The molecular formula is C16H18N2O4S. The standard InChI is InChI=1S/C16H18N2O4S/c17-23(21,22)16-8-13-11(7-15(16)20)5-6-18-9-14(13)10-1-3-12(19)4-2-10/h1-4,7-8,14,18-20H,5-6,9H2,(H2,17,21,22). The van der Waals surface area contributed by atoms with E-state index in [9.17, 15) is 18.6 Å². The van der Waals surface area contributed by atoms with Gasteiger partial charge in [-0.15, -0.1) is 0 Å². The second-order valence-electron chi connectivity index (χ2n) is 5.66. The molecular weight excluding hydrogens is 316 g/mol. The summed E-state index contributed by atoms with van der Waals surface area (Å²) in [6, 6.07) is 9.75. The summed E-state index contributed by atoms with van der Waals surface area (Å²) in [4.78, 5) is -0.262. The first-order valence-electron chi connectivity index (χ1n) is 7.24. The Morgan fingerprint density at radius 3 is 2.48 bits per heavy atom. The minimum Gasteiger partial charge on any atom is -0.508 e. The molecule has 2 aromatic rings. The van der Waals surface area contributed by atoms with Gasteiger partial charge in [0.15, 0.2) is 0 Å². The Hall–Kier alpha value is -2.09. The Balaban J connectivity index is 2.17. The molecule has 0 bridgehead atoms. The van der Waals surface area contributed by atoms with Crippen LogP contribution in [-0.2, 0) is 16.4 Å². The van der Waals surface area contributed by atoms with Crippen LogP contribution in [0.3, 0.4) is 0 Å². The number of phenols is 2. The number of primary sulfonamides is 1. The molecule has 1 aliphatic heterocycles. The van der Waals surface area contributed by atoms with E-state index >= 15 is 0 Å². The van der Waals surface area contributed by atoms with Crippen LogP contribution in [0.5, 0.6) is 11.5 Å². The second-order valence-corrected chi connectivity index (χ2v) is 7.19. The van der Waals surface area contributed by atoms with Crippen LogP contribution in [0.25, 0.3) is 0 Å². The van der Waals surface area contributed by atoms with Gasteiger partial charge < -0.3 is 15.5 Å². The Bertz CT molecular complexity index is 832. The molecule has 0 amide bonds. The van der Waals surface area contributed by atoms with Crippen molar-refractivity contribution in [1.29, 1.82) is 0 Å². The average Bonchev–Trinajstić information content (AvgIpc) is 2.68. The van der Waals surface area contributed by atoms with Crippen molar-refractivity contribution >= 4 is 10.0 Å². The first-order valence-corrected chi connectivity index (χ1v) is 8.79. The average molecular weight is 334 g/mol. The minimum atomic E-state index is -4.00. The van der Waals surface area contributed by atoms with Gasteiger partial charge in [0.05, 0.1) is 0 Å². The van der Waals surface area contributed by atoms with Crippen molar-refractivity contribution in [1.82, 2.24) is 5.32 Å². The number of hydrogen-bond acceptors (Lipinski definition) is 5. The molecule has 1 heterocycles. The zero-order valence-electron chi connectivity index (χ0n) is 12.4. The molecule has 122 valence electrons. The number of phenolic OH excluding ortho intramolecular Hbond substituents is 2. The third-order valence-corrected chi connectivity index (χ3v) is 5.06. The lowest BCUT2D eigenvalue weighted by Gasteiger charge is -2.19.